The van der Waals surface area contributed by atoms with Crippen molar-refractivity contribution in [3.8, 4) is 22.3 Å². The monoisotopic (exact) mass is 981 g/mol. The highest BCUT2D eigenvalue weighted by Gasteiger charge is 2.58. The van der Waals surface area contributed by atoms with Crippen molar-refractivity contribution in [3.63, 3.8) is 0 Å². The summed E-state index contributed by atoms with van der Waals surface area (Å²) in [5, 5.41) is 4.83. The third-order valence-electron chi connectivity index (χ3n) is 18.0. The van der Waals surface area contributed by atoms with Crippen molar-refractivity contribution in [2.24, 2.45) is 0 Å². The molecule has 0 N–H and O–H groups in total. The Balaban J connectivity index is 0.985. The van der Waals surface area contributed by atoms with Gasteiger partial charge in [-0.1, -0.05) is 159 Å². The normalized spacial score (nSPS) is 18.4. The van der Waals surface area contributed by atoms with Crippen LogP contribution in [-0.2, 0) is 5.41 Å². The van der Waals surface area contributed by atoms with Crippen LogP contribution in [0.5, 0.6) is 0 Å². The zero-order chi connectivity index (χ0) is 49.7. The number of nitrogens with zero attached hydrogens (tertiary/aromatic N) is 3. The molecule has 12 aromatic rings. The fraction of sp³-hybridized carbons (Fsp3) is 0.130. The zero-order valence-corrected chi connectivity index (χ0v) is 43.1. The zero-order valence-electron chi connectivity index (χ0n) is 42.3. The van der Waals surface area contributed by atoms with Gasteiger partial charge >= 0.3 is 0 Å². The lowest BCUT2D eigenvalue weighted by atomic mass is 9.33. The van der Waals surface area contributed by atoms with Crippen molar-refractivity contribution in [1.82, 2.24) is 0 Å². The number of para-hydroxylation sites is 1. The van der Waals surface area contributed by atoms with Gasteiger partial charge in [-0.2, -0.15) is 0 Å². The maximum atomic E-state index is 6.65. The van der Waals surface area contributed by atoms with E-state index in [-0.39, 0.29) is 17.7 Å². The van der Waals surface area contributed by atoms with Gasteiger partial charge in [0, 0.05) is 60.4 Å². The van der Waals surface area contributed by atoms with Crippen LogP contribution in [0.25, 0.3) is 64.4 Å². The average molecular weight is 982 g/mol. The minimum absolute atomic E-state index is 0.0341. The van der Waals surface area contributed by atoms with Crippen LogP contribution in [0.1, 0.15) is 50.7 Å². The molecule has 0 bridgehead atoms. The van der Waals surface area contributed by atoms with E-state index < -0.39 is 0 Å². The van der Waals surface area contributed by atoms with E-state index in [2.05, 4.69) is 248 Å². The molecule has 4 aliphatic rings. The van der Waals surface area contributed by atoms with E-state index in [1.807, 2.05) is 11.3 Å². The van der Waals surface area contributed by atoms with Crippen LogP contribution < -0.4 is 31.1 Å². The van der Waals surface area contributed by atoms with Crippen LogP contribution in [0.15, 0.2) is 217 Å². The fourth-order valence-electron chi connectivity index (χ4n) is 14.4. The second-order valence-electron chi connectivity index (χ2n) is 22.0. The topological polar surface area (TPSA) is 22.9 Å². The molecule has 75 heavy (non-hydrogen) atoms. The summed E-state index contributed by atoms with van der Waals surface area (Å²) in [6.07, 6.45) is 4.74. The number of aryl methyl sites for hydroxylation is 1. The number of anilines is 8. The molecular formula is C69H52BN3OS. The molecule has 0 amide bonds. The lowest BCUT2D eigenvalue weighted by Crippen LogP contribution is -2.61. The van der Waals surface area contributed by atoms with Gasteiger partial charge in [0.05, 0.1) is 27.0 Å². The van der Waals surface area contributed by atoms with Crippen molar-refractivity contribution >= 4 is 122 Å². The van der Waals surface area contributed by atoms with Crippen molar-refractivity contribution in [1.29, 1.82) is 0 Å². The highest BCUT2D eigenvalue weighted by molar-refractivity contribution is 7.26. The number of fused-ring (bicyclic) bond motifs is 13. The molecule has 1 saturated carbocycles. The smallest absolute Gasteiger partial charge is 0.252 e. The van der Waals surface area contributed by atoms with Crippen LogP contribution in [-0.4, -0.2) is 12.3 Å². The third-order valence-corrected chi connectivity index (χ3v) is 19.2. The first kappa shape index (κ1) is 43.1. The van der Waals surface area contributed by atoms with Crippen LogP contribution in [0.4, 0.5) is 45.5 Å². The number of hydrogen-bond acceptors (Lipinski definition) is 5. The summed E-state index contributed by atoms with van der Waals surface area (Å²) in [5.74, 6) is 0. The molecule has 0 radical (unpaired) electrons. The average Bonchev–Trinajstić information content (AvgIpc) is 4.16. The molecule has 1 aliphatic carbocycles. The van der Waals surface area contributed by atoms with Crippen molar-refractivity contribution in [2.45, 2.75) is 57.4 Å². The Bertz CT molecular complexity index is 4350. The largest absolute Gasteiger partial charge is 0.456 e. The van der Waals surface area contributed by atoms with E-state index in [0.717, 1.165) is 40.5 Å². The maximum absolute atomic E-state index is 6.65. The standard InChI is InChI=1S/C69H52BN3OS/c1-43-38-60-66-61(39-43)72(57-26-16-24-50-49-22-11-13-29-64(49)75-67(50)57)59-42-48(73-55-35-31-46(44-18-6-4-7-19-44)40-52(55)68(2)36-14-15-37-69(68,73)3)32-34-54(59)70(66)53-33-30-47(45-20-8-5-9-21-45)41-58(53)71(60)56-25-17-28-63-65(56)51-23-10-12-27-62(51)74-63/h4-13,16-35,38-42H,14-15,36-37H2,1-3H3. The lowest BCUT2D eigenvalue weighted by molar-refractivity contribution is 0.195. The van der Waals surface area contributed by atoms with Crippen molar-refractivity contribution < 1.29 is 4.42 Å². The van der Waals surface area contributed by atoms with Crippen molar-refractivity contribution in [3.05, 3.63) is 223 Å². The van der Waals surface area contributed by atoms with Gasteiger partial charge in [-0.3, -0.25) is 0 Å². The first-order chi connectivity index (χ1) is 36.8. The van der Waals surface area contributed by atoms with Crippen molar-refractivity contribution in [2.75, 3.05) is 14.7 Å². The predicted octanol–water partition coefficient (Wildman–Crippen LogP) is 17.4. The van der Waals surface area contributed by atoms with Gasteiger partial charge < -0.3 is 19.1 Å². The Labute approximate surface area is 441 Å². The van der Waals surface area contributed by atoms with Crippen LogP contribution >= 0.6 is 11.3 Å². The second-order valence-corrected chi connectivity index (χ2v) is 23.0. The summed E-state index contributed by atoms with van der Waals surface area (Å²) >= 11 is 1.91. The number of furan rings is 1. The maximum Gasteiger partial charge on any atom is 0.252 e. The molecule has 1 fully saturated rings. The van der Waals surface area contributed by atoms with E-state index >= 15 is 0 Å². The first-order valence-electron chi connectivity index (χ1n) is 26.7. The van der Waals surface area contributed by atoms with Crippen LogP contribution in [0.3, 0.4) is 0 Å². The second kappa shape index (κ2) is 15.8. The molecule has 358 valence electrons. The first-order valence-corrected chi connectivity index (χ1v) is 27.6. The molecule has 10 aromatic carbocycles. The van der Waals surface area contributed by atoms with Gasteiger partial charge in [0.1, 0.15) is 11.2 Å². The van der Waals surface area contributed by atoms with E-state index in [1.165, 1.54) is 123 Å². The van der Waals surface area contributed by atoms with Crippen LogP contribution in [0.2, 0.25) is 0 Å². The summed E-state index contributed by atoms with van der Waals surface area (Å²) < 4.78 is 9.25. The van der Waals surface area contributed by atoms with Gasteiger partial charge in [-0.25, -0.2) is 0 Å². The Morgan fingerprint density at radius 2 is 1.08 bits per heavy atom. The van der Waals surface area contributed by atoms with E-state index in [9.17, 15) is 0 Å². The highest BCUT2D eigenvalue weighted by atomic mass is 32.1. The van der Waals surface area contributed by atoms with Gasteiger partial charge in [-0.15, -0.1) is 11.3 Å². The molecule has 0 spiro atoms. The summed E-state index contributed by atoms with van der Waals surface area (Å²) in [5.41, 5.74) is 22.9. The lowest BCUT2D eigenvalue weighted by Gasteiger charge is -2.50. The molecule has 6 heteroatoms. The molecule has 5 heterocycles. The Morgan fingerprint density at radius 3 is 1.88 bits per heavy atom. The Kier molecular flexibility index (Phi) is 9.11. The molecule has 3 aliphatic heterocycles. The number of thiophene rings is 1. The van der Waals surface area contributed by atoms with Gasteiger partial charge in [-0.05, 0) is 149 Å². The van der Waals surface area contributed by atoms with E-state index in [1.54, 1.807) is 0 Å². The summed E-state index contributed by atoms with van der Waals surface area (Å²) in [6, 6.07) is 79.8. The minimum atomic E-state index is -0.131. The molecule has 2 unspecified atom stereocenters. The Morgan fingerprint density at radius 1 is 0.467 bits per heavy atom. The molecule has 16 rings (SSSR count). The van der Waals surface area contributed by atoms with E-state index in [0.29, 0.717) is 0 Å². The van der Waals surface area contributed by atoms with Gasteiger partial charge in [0.25, 0.3) is 6.71 Å². The molecule has 4 nitrogen and oxygen atoms in total. The summed E-state index contributed by atoms with van der Waals surface area (Å²) in [7, 11) is 0. The van der Waals surface area contributed by atoms with Gasteiger partial charge in [0.2, 0.25) is 0 Å². The quantitative estimate of drug-likeness (QED) is 0.160. The minimum Gasteiger partial charge on any atom is -0.456 e. The molecule has 0 saturated heterocycles. The number of rotatable bonds is 5. The SMILES string of the molecule is Cc1cc2c3c(c1)N(c1cccc4oc5ccccc5c14)c1cc(-c4ccccc4)ccc1B3c1ccc(N3c4ccc(-c5ccccc5)cc4C4(C)CCCCC34C)cc1N2c1cccc2c1sc1ccccc12. The highest BCUT2D eigenvalue weighted by Crippen LogP contribution is 2.62. The van der Waals surface area contributed by atoms with E-state index in [4.69, 9.17) is 4.42 Å². The predicted molar refractivity (Wildman–Crippen MR) is 319 cm³/mol. The third kappa shape index (κ3) is 6.00. The van der Waals surface area contributed by atoms with Gasteiger partial charge in [0.15, 0.2) is 0 Å². The molecule has 2 atom stereocenters. The molecule has 2 aromatic heterocycles. The fourth-order valence-corrected chi connectivity index (χ4v) is 15.6. The van der Waals surface area contributed by atoms with Crippen LogP contribution in [0, 0.1) is 6.92 Å². The molecular weight excluding hydrogens is 930 g/mol. The summed E-state index contributed by atoms with van der Waals surface area (Å²) in [4.78, 5) is 8.00. The number of hydrogen-bond donors (Lipinski definition) is 0. The number of benzene rings is 10. The summed E-state index contributed by atoms with van der Waals surface area (Å²) in [6.45, 7) is 7.36. The Hall–Kier alpha value is -8.32.